The van der Waals surface area contributed by atoms with Crippen molar-refractivity contribution in [3.05, 3.63) is 41.8 Å². The number of amides is 1. The molecule has 2 unspecified atom stereocenters. The van der Waals surface area contributed by atoms with Crippen LogP contribution in [0.15, 0.2) is 34.9 Å². The first-order valence-electron chi connectivity index (χ1n) is 12.2. The third-order valence-electron chi connectivity index (χ3n) is 6.33. The lowest BCUT2D eigenvalue weighted by atomic mass is 10.1. The molecule has 3 heterocycles. The van der Waals surface area contributed by atoms with Gasteiger partial charge in [-0.1, -0.05) is 17.3 Å². The van der Waals surface area contributed by atoms with Crippen molar-refractivity contribution in [2.24, 2.45) is 0 Å². The fraction of sp³-hybridized carbons (Fsp3) is 0.462. The lowest BCUT2D eigenvalue weighted by Crippen LogP contribution is -2.53. The highest BCUT2D eigenvalue weighted by molar-refractivity contribution is 5.74. The number of hydrogen-bond acceptors (Lipinski definition) is 9. The van der Waals surface area contributed by atoms with Gasteiger partial charge in [-0.2, -0.15) is 0 Å². The number of piperazine rings is 1. The van der Waals surface area contributed by atoms with Gasteiger partial charge in [0.1, 0.15) is 30.0 Å². The number of benzene rings is 1. The molecule has 36 heavy (non-hydrogen) atoms. The van der Waals surface area contributed by atoms with Gasteiger partial charge in [-0.05, 0) is 40.0 Å². The van der Waals surface area contributed by atoms with E-state index in [4.69, 9.17) is 19.2 Å². The summed E-state index contributed by atoms with van der Waals surface area (Å²) < 4.78 is 11.2. The van der Waals surface area contributed by atoms with Gasteiger partial charge in [0.15, 0.2) is 5.82 Å². The highest BCUT2D eigenvalue weighted by Gasteiger charge is 2.27. The molecular formula is C26H34N6O4. The summed E-state index contributed by atoms with van der Waals surface area (Å²) in [5.74, 6) is 2.72. The van der Waals surface area contributed by atoms with Crippen LogP contribution < -0.4 is 15.0 Å². The molecule has 1 amide bonds. The topological polar surface area (TPSA) is 117 Å². The predicted molar refractivity (Wildman–Crippen MR) is 137 cm³/mol. The van der Waals surface area contributed by atoms with Crippen LogP contribution in [0.1, 0.15) is 25.3 Å². The summed E-state index contributed by atoms with van der Waals surface area (Å²) in [5, 5.41) is 17.0. The molecule has 10 nitrogen and oxygen atoms in total. The number of rotatable bonds is 8. The summed E-state index contributed by atoms with van der Waals surface area (Å²) in [6.07, 6.45) is -0.611. The molecule has 4 rings (SSSR count). The Morgan fingerprint density at radius 2 is 2.08 bits per heavy atom. The zero-order chi connectivity index (χ0) is 25.8. The number of aliphatic hydroxyl groups is 1. The second-order valence-electron chi connectivity index (χ2n) is 9.19. The number of anilines is 1. The predicted octanol–water partition coefficient (Wildman–Crippen LogP) is 2.43. The molecule has 3 aromatic rings. The van der Waals surface area contributed by atoms with Gasteiger partial charge >= 0.3 is 0 Å². The number of nitrogens with one attached hydrogen (secondary N) is 1. The monoisotopic (exact) mass is 494 g/mol. The van der Waals surface area contributed by atoms with Gasteiger partial charge in [-0.25, -0.2) is 9.97 Å². The van der Waals surface area contributed by atoms with Crippen molar-refractivity contribution in [1.29, 1.82) is 0 Å². The maximum Gasteiger partial charge on any atom is 0.219 e. The SMILES string of the molecule is CNCC(O)COc1cccc(-c2nc(-c3c(C)noc3C)cc(N3CCN(C(C)=O)C(C)C3)n2)c1. The molecule has 0 aliphatic carbocycles. The summed E-state index contributed by atoms with van der Waals surface area (Å²) in [6, 6.07) is 9.56. The average molecular weight is 495 g/mol. The van der Waals surface area contributed by atoms with Crippen molar-refractivity contribution in [3.8, 4) is 28.4 Å². The lowest BCUT2D eigenvalue weighted by molar-refractivity contribution is -0.131. The van der Waals surface area contributed by atoms with E-state index in [1.165, 1.54) is 0 Å². The van der Waals surface area contributed by atoms with E-state index in [9.17, 15) is 9.90 Å². The van der Waals surface area contributed by atoms with Gasteiger partial charge in [-0.15, -0.1) is 0 Å². The summed E-state index contributed by atoms with van der Waals surface area (Å²) in [5.41, 5.74) is 3.12. The number of aliphatic hydroxyl groups excluding tert-OH is 1. The van der Waals surface area contributed by atoms with Crippen molar-refractivity contribution in [3.63, 3.8) is 0 Å². The van der Waals surface area contributed by atoms with Crippen LogP contribution in [0.2, 0.25) is 0 Å². The smallest absolute Gasteiger partial charge is 0.219 e. The Hall–Kier alpha value is -3.50. The first-order valence-corrected chi connectivity index (χ1v) is 12.2. The molecule has 192 valence electrons. The van der Waals surface area contributed by atoms with Gasteiger partial charge in [0.25, 0.3) is 0 Å². The van der Waals surface area contributed by atoms with Crippen molar-refractivity contribution in [2.75, 3.05) is 44.7 Å². The van der Waals surface area contributed by atoms with E-state index in [1.807, 2.05) is 56.0 Å². The molecule has 0 spiro atoms. The minimum atomic E-state index is -0.611. The summed E-state index contributed by atoms with van der Waals surface area (Å²) >= 11 is 0. The maximum atomic E-state index is 12.0. The van der Waals surface area contributed by atoms with Crippen LogP contribution in [-0.4, -0.2) is 83.0 Å². The molecule has 2 aromatic heterocycles. The number of carbonyl (C=O) groups excluding carboxylic acids is 1. The minimum absolute atomic E-state index is 0.0675. The number of hydrogen-bond donors (Lipinski definition) is 2. The maximum absolute atomic E-state index is 12.0. The number of ether oxygens (including phenoxy) is 1. The average Bonchev–Trinajstić information content (AvgIpc) is 3.20. The van der Waals surface area contributed by atoms with Crippen LogP contribution in [0.5, 0.6) is 5.75 Å². The van der Waals surface area contributed by atoms with E-state index in [0.29, 0.717) is 43.5 Å². The fourth-order valence-electron chi connectivity index (χ4n) is 4.55. The third-order valence-corrected chi connectivity index (χ3v) is 6.33. The molecule has 10 heteroatoms. The van der Waals surface area contributed by atoms with E-state index < -0.39 is 6.10 Å². The zero-order valence-corrected chi connectivity index (χ0v) is 21.5. The van der Waals surface area contributed by atoms with Crippen LogP contribution in [0.3, 0.4) is 0 Å². The van der Waals surface area contributed by atoms with E-state index in [-0.39, 0.29) is 18.6 Å². The standard InChI is InChI=1S/C26H34N6O4/c1-16-14-31(9-10-32(16)19(4)33)24-12-23(25-17(2)30-36-18(25)3)28-26(29-24)20-7-6-8-22(11-20)35-15-21(34)13-27-5/h6-8,11-12,16,21,27,34H,9-10,13-15H2,1-5H3. The molecule has 0 bridgehead atoms. The van der Waals surface area contributed by atoms with Crippen LogP contribution >= 0.6 is 0 Å². The van der Waals surface area contributed by atoms with Crippen molar-refractivity contribution >= 4 is 11.7 Å². The van der Waals surface area contributed by atoms with Gasteiger partial charge < -0.3 is 29.5 Å². The number of aromatic nitrogens is 3. The summed E-state index contributed by atoms with van der Waals surface area (Å²) in [6.45, 7) is 10.0. The summed E-state index contributed by atoms with van der Waals surface area (Å²) in [4.78, 5) is 25.8. The molecular weight excluding hydrogens is 460 g/mol. The molecule has 1 aliphatic rings. The van der Waals surface area contributed by atoms with Gasteiger partial charge in [0.05, 0.1) is 17.0 Å². The second-order valence-corrected chi connectivity index (χ2v) is 9.19. The Morgan fingerprint density at radius 3 is 2.75 bits per heavy atom. The lowest BCUT2D eigenvalue weighted by Gasteiger charge is -2.40. The van der Waals surface area contributed by atoms with Crippen molar-refractivity contribution in [2.45, 2.75) is 39.8 Å². The quantitative estimate of drug-likeness (QED) is 0.487. The Bertz CT molecular complexity index is 1190. The molecule has 2 atom stereocenters. The number of carbonyl (C=O) groups is 1. The molecule has 2 N–H and O–H groups in total. The van der Waals surface area contributed by atoms with Gasteiger partial charge in [0.2, 0.25) is 5.91 Å². The Morgan fingerprint density at radius 1 is 1.28 bits per heavy atom. The molecule has 0 radical (unpaired) electrons. The largest absolute Gasteiger partial charge is 0.491 e. The Balaban J connectivity index is 1.70. The Labute approximate surface area is 211 Å². The highest BCUT2D eigenvalue weighted by atomic mass is 16.5. The molecule has 1 aromatic carbocycles. The van der Waals surface area contributed by atoms with E-state index in [0.717, 1.165) is 28.3 Å². The van der Waals surface area contributed by atoms with Crippen LogP contribution in [-0.2, 0) is 4.79 Å². The van der Waals surface area contributed by atoms with Crippen LogP contribution in [0, 0.1) is 13.8 Å². The van der Waals surface area contributed by atoms with Crippen molar-refractivity contribution in [1.82, 2.24) is 25.3 Å². The first kappa shape index (κ1) is 25.6. The zero-order valence-electron chi connectivity index (χ0n) is 21.5. The normalized spacial score (nSPS) is 16.8. The van der Waals surface area contributed by atoms with Gasteiger partial charge in [0, 0.05) is 50.8 Å². The first-order chi connectivity index (χ1) is 17.3. The van der Waals surface area contributed by atoms with Crippen LogP contribution in [0.25, 0.3) is 22.6 Å². The van der Waals surface area contributed by atoms with E-state index in [1.54, 1.807) is 14.0 Å². The molecule has 1 saturated heterocycles. The third kappa shape index (κ3) is 5.66. The number of nitrogens with zero attached hydrogens (tertiary/aromatic N) is 5. The van der Waals surface area contributed by atoms with E-state index >= 15 is 0 Å². The van der Waals surface area contributed by atoms with Crippen LogP contribution in [0.4, 0.5) is 5.82 Å². The Kier molecular flexibility index (Phi) is 7.85. The van der Waals surface area contributed by atoms with Gasteiger partial charge in [-0.3, -0.25) is 4.79 Å². The molecule has 0 saturated carbocycles. The fourth-order valence-corrected chi connectivity index (χ4v) is 4.55. The van der Waals surface area contributed by atoms with E-state index in [2.05, 4.69) is 15.4 Å². The number of likely N-dealkylation sites (N-methyl/N-ethyl adjacent to an activating group) is 1. The minimum Gasteiger partial charge on any atom is -0.491 e. The highest BCUT2D eigenvalue weighted by Crippen LogP contribution is 2.32. The van der Waals surface area contributed by atoms with Crippen molar-refractivity contribution < 1.29 is 19.2 Å². The molecule has 1 aliphatic heterocycles. The second kappa shape index (κ2) is 11.0. The number of aryl methyl sites for hydroxylation is 2. The molecule has 1 fully saturated rings. The summed E-state index contributed by atoms with van der Waals surface area (Å²) in [7, 11) is 1.78.